The van der Waals surface area contributed by atoms with Crippen LogP contribution in [0.25, 0.3) is 0 Å². The van der Waals surface area contributed by atoms with Gasteiger partial charge in [-0.25, -0.2) is 8.42 Å². The van der Waals surface area contributed by atoms with E-state index in [1.807, 2.05) is 6.92 Å². The number of sulfonamides is 1. The van der Waals surface area contributed by atoms with E-state index >= 15 is 0 Å². The SMILES string of the molecule is Cc1occc1CN(C)S(=O)(=O)c1ccccc1Br. The van der Waals surface area contributed by atoms with Crippen LogP contribution in [0.3, 0.4) is 0 Å². The van der Waals surface area contributed by atoms with Crippen molar-refractivity contribution in [1.29, 1.82) is 0 Å². The first-order valence-electron chi connectivity index (χ1n) is 5.67. The number of halogens is 1. The first kappa shape index (κ1) is 14.3. The van der Waals surface area contributed by atoms with Crippen molar-refractivity contribution < 1.29 is 12.8 Å². The van der Waals surface area contributed by atoms with Crippen LogP contribution >= 0.6 is 15.9 Å². The fourth-order valence-corrected chi connectivity index (χ4v) is 3.83. The maximum absolute atomic E-state index is 12.5. The van der Waals surface area contributed by atoms with Gasteiger partial charge in [0.1, 0.15) is 5.76 Å². The summed E-state index contributed by atoms with van der Waals surface area (Å²) in [6.45, 7) is 2.10. The molecular formula is C13H14BrNO3S. The highest BCUT2D eigenvalue weighted by Gasteiger charge is 2.23. The van der Waals surface area contributed by atoms with Crippen molar-refractivity contribution in [2.24, 2.45) is 0 Å². The Balaban J connectivity index is 2.30. The highest BCUT2D eigenvalue weighted by Crippen LogP contribution is 2.25. The molecule has 0 radical (unpaired) electrons. The quantitative estimate of drug-likeness (QED) is 0.856. The predicted molar refractivity (Wildman–Crippen MR) is 76.2 cm³/mol. The van der Waals surface area contributed by atoms with Gasteiger partial charge in [-0.05, 0) is 41.1 Å². The molecule has 0 aliphatic rings. The molecule has 1 aromatic carbocycles. The first-order chi connectivity index (χ1) is 8.93. The van der Waals surface area contributed by atoms with Crippen LogP contribution in [-0.2, 0) is 16.6 Å². The topological polar surface area (TPSA) is 50.5 Å². The molecule has 2 rings (SSSR count). The zero-order valence-electron chi connectivity index (χ0n) is 10.6. The molecule has 0 unspecified atom stereocenters. The van der Waals surface area contributed by atoms with E-state index in [1.165, 1.54) is 4.31 Å². The molecule has 1 heterocycles. The molecule has 0 aliphatic heterocycles. The summed E-state index contributed by atoms with van der Waals surface area (Å²) in [4.78, 5) is 0.263. The third-order valence-corrected chi connectivity index (χ3v) is 5.70. The molecule has 0 fully saturated rings. The van der Waals surface area contributed by atoms with Gasteiger partial charge < -0.3 is 4.42 Å². The molecular weight excluding hydrogens is 330 g/mol. The van der Waals surface area contributed by atoms with E-state index in [9.17, 15) is 8.42 Å². The summed E-state index contributed by atoms with van der Waals surface area (Å²) in [5.74, 6) is 0.731. The van der Waals surface area contributed by atoms with Gasteiger partial charge >= 0.3 is 0 Å². The molecule has 2 aromatic rings. The minimum Gasteiger partial charge on any atom is -0.469 e. The van der Waals surface area contributed by atoms with E-state index in [4.69, 9.17) is 4.42 Å². The van der Waals surface area contributed by atoms with Gasteiger partial charge in [-0.3, -0.25) is 0 Å². The minimum atomic E-state index is -3.52. The van der Waals surface area contributed by atoms with E-state index < -0.39 is 10.0 Å². The Morgan fingerprint density at radius 1 is 1.26 bits per heavy atom. The Hall–Kier alpha value is -1.11. The zero-order valence-corrected chi connectivity index (χ0v) is 13.0. The van der Waals surface area contributed by atoms with Gasteiger partial charge in [0, 0.05) is 23.6 Å². The van der Waals surface area contributed by atoms with E-state index in [-0.39, 0.29) is 11.4 Å². The number of hydrogen-bond acceptors (Lipinski definition) is 3. The summed E-state index contributed by atoms with van der Waals surface area (Å²) >= 11 is 3.27. The Bertz CT molecular complexity index is 679. The lowest BCUT2D eigenvalue weighted by Gasteiger charge is -2.17. The highest BCUT2D eigenvalue weighted by atomic mass is 79.9. The summed E-state index contributed by atoms with van der Waals surface area (Å²) in [5.41, 5.74) is 0.859. The lowest BCUT2D eigenvalue weighted by Crippen LogP contribution is -2.26. The van der Waals surface area contributed by atoms with E-state index in [0.29, 0.717) is 4.47 Å². The van der Waals surface area contributed by atoms with Crippen LogP contribution in [0.5, 0.6) is 0 Å². The molecule has 0 amide bonds. The number of aryl methyl sites for hydroxylation is 1. The number of nitrogens with zero attached hydrogens (tertiary/aromatic N) is 1. The van der Waals surface area contributed by atoms with Crippen LogP contribution in [0.1, 0.15) is 11.3 Å². The maximum atomic E-state index is 12.5. The standard InChI is InChI=1S/C13H14BrNO3S/c1-10-11(7-8-18-10)9-15(2)19(16,17)13-6-4-3-5-12(13)14/h3-8H,9H2,1-2H3. The molecule has 4 nitrogen and oxygen atoms in total. The number of benzene rings is 1. The summed E-state index contributed by atoms with van der Waals surface area (Å²) in [6.07, 6.45) is 1.56. The van der Waals surface area contributed by atoms with Crippen molar-refractivity contribution in [3.8, 4) is 0 Å². The molecule has 0 aliphatic carbocycles. The van der Waals surface area contributed by atoms with Gasteiger partial charge in [0.25, 0.3) is 0 Å². The molecule has 6 heteroatoms. The molecule has 0 atom stereocenters. The second-order valence-corrected chi connectivity index (χ2v) is 7.06. The van der Waals surface area contributed by atoms with Crippen molar-refractivity contribution in [3.05, 3.63) is 52.4 Å². The minimum absolute atomic E-state index is 0.263. The van der Waals surface area contributed by atoms with Crippen molar-refractivity contribution in [2.75, 3.05) is 7.05 Å². The lowest BCUT2D eigenvalue weighted by atomic mass is 10.3. The fourth-order valence-electron chi connectivity index (χ4n) is 1.72. The third kappa shape index (κ3) is 2.91. The fraction of sp³-hybridized carbons (Fsp3) is 0.231. The largest absolute Gasteiger partial charge is 0.469 e. The average Bonchev–Trinajstić information content (AvgIpc) is 2.75. The Labute approximate surface area is 121 Å². The van der Waals surface area contributed by atoms with E-state index in [1.54, 1.807) is 43.6 Å². The van der Waals surface area contributed by atoms with Crippen LogP contribution in [-0.4, -0.2) is 19.8 Å². The van der Waals surface area contributed by atoms with Gasteiger partial charge in [-0.15, -0.1) is 0 Å². The van der Waals surface area contributed by atoms with E-state index in [0.717, 1.165) is 11.3 Å². The Kier molecular flexibility index (Phi) is 4.13. The van der Waals surface area contributed by atoms with Crippen molar-refractivity contribution >= 4 is 26.0 Å². The van der Waals surface area contributed by atoms with Gasteiger partial charge in [0.2, 0.25) is 10.0 Å². The van der Waals surface area contributed by atoms with Crippen LogP contribution in [0.2, 0.25) is 0 Å². The van der Waals surface area contributed by atoms with Crippen LogP contribution in [0.4, 0.5) is 0 Å². The molecule has 0 spiro atoms. The number of furan rings is 1. The van der Waals surface area contributed by atoms with Crippen LogP contribution in [0.15, 0.2) is 50.4 Å². The third-order valence-electron chi connectivity index (χ3n) is 2.88. The Morgan fingerprint density at radius 2 is 1.95 bits per heavy atom. The van der Waals surface area contributed by atoms with Crippen molar-refractivity contribution in [3.63, 3.8) is 0 Å². The Morgan fingerprint density at radius 3 is 2.53 bits per heavy atom. The average molecular weight is 344 g/mol. The summed E-state index contributed by atoms with van der Waals surface area (Å²) < 4.78 is 32.0. The molecule has 0 saturated heterocycles. The second kappa shape index (κ2) is 5.48. The highest BCUT2D eigenvalue weighted by molar-refractivity contribution is 9.10. The maximum Gasteiger partial charge on any atom is 0.244 e. The lowest BCUT2D eigenvalue weighted by molar-refractivity contribution is 0.458. The molecule has 0 N–H and O–H groups in total. The number of hydrogen-bond donors (Lipinski definition) is 0. The van der Waals surface area contributed by atoms with Gasteiger partial charge in [-0.1, -0.05) is 12.1 Å². The monoisotopic (exact) mass is 343 g/mol. The summed E-state index contributed by atoms with van der Waals surface area (Å²) in [6, 6.07) is 8.56. The van der Waals surface area contributed by atoms with Gasteiger partial charge in [0.15, 0.2) is 0 Å². The second-order valence-electron chi connectivity index (χ2n) is 4.19. The van der Waals surface area contributed by atoms with E-state index in [2.05, 4.69) is 15.9 Å². The first-order valence-corrected chi connectivity index (χ1v) is 7.90. The molecule has 0 bridgehead atoms. The molecule has 1 aromatic heterocycles. The molecule has 102 valence electrons. The van der Waals surface area contributed by atoms with Crippen LogP contribution in [0, 0.1) is 6.92 Å². The summed E-state index contributed by atoms with van der Waals surface area (Å²) in [5, 5.41) is 0. The van der Waals surface area contributed by atoms with Crippen LogP contribution < -0.4 is 0 Å². The number of rotatable bonds is 4. The molecule has 0 saturated carbocycles. The normalized spacial score (nSPS) is 12.0. The van der Waals surface area contributed by atoms with Gasteiger partial charge in [-0.2, -0.15) is 4.31 Å². The molecule has 19 heavy (non-hydrogen) atoms. The zero-order chi connectivity index (χ0) is 14.0. The van der Waals surface area contributed by atoms with Crippen molar-refractivity contribution in [1.82, 2.24) is 4.31 Å². The summed E-state index contributed by atoms with van der Waals surface area (Å²) in [7, 11) is -1.96. The smallest absolute Gasteiger partial charge is 0.244 e. The predicted octanol–water partition coefficient (Wildman–Crippen LogP) is 3.17. The van der Waals surface area contributed by atoms with Crippen molar-refractivity contribution in [2.45, 2.75) is 18.4 Å². The van der Waals surface area contributed by atoms with Gasteiger partial charge in [0.05, 0.1) is 11.2 Å².